The normalized spacial score (nSPS) is 46.5. The van der Waals surface area contributed by atoms with Gasteiger partial charge >= 0.3 is 0 Å². The van der Waals surface area contributed by atoms with Crippen molar-refractivity contribution >= 4 is 0 Å². The molecule has 3 heteroatoms. The lowest BCUT2D eigenvalue weighted by atomic mass is 9.63. The second-order valence-electron chi connectivity index (χ2n) is 20.3. The van der Waals surface area contributed by atoms with E-state index in [-0.39, 0.29) is 0 Å². The third-order valence-electron chi connectivity index (χ3n) is 17.7. The fraction of sp³-hybridized carbons (Fsp3) is 0.837. The van der Waals surface area contributed by atoms with E-state index in [1.165, 1.54) is 161 Å². The molecule has 10 atom stereocenters. The molecule has 8 aliphatic carbocycles. The van der Waals surface area contributed by atoms with Gasteiger partial charge in [0.1, 0.15) is 0 Å². The predicted octanol–water partition coefficient (Wildman–Crippen LogP) is 12.0. The van der Waals surface area contributed by atoms with Crippen molar-refractivity contribution in [3.63, 3.8) is 0 Å². The molecule has 10 unspecified atom stereocenters. The second kappa shape index (κ2) is 16.5. The van der Waals surface area contributed by atoms with Gasteiger partial charge in [-0.25, -0.2) is 0 Å². The minimum Gasteiger partial charge on any atom is -0.285 e. The zero-order chi connectivity index (χ0) is 35.0. The van der Waals surface area contributed by atoms with Crippen molar-refractivity contribution in [3.05, 3.63) is 47.6 Å². The molecule has 1 aliphatic heterocycles. The Morgan fingerprint density at radius 1 is 0.519 bits per heavy atom. The van der Waals surface area contributed by atoms with Gasteiger partial charge in [0.15, 0.2) is 0 Å². The minimum absolute atomic E-state index is 0.470. The van der Waals surface area contributed by atoms with Crippen LogP contribution in [0.2, 0.25) is 0 Å². The van der Waals surface area contributed by atoms with Crippen molar-refractivity contribution in [1.29, 1.82) is 0 Å². The molecule has 1 heterocycles. The van der Waals surface area contributed by atoms with E-state index >= 15 is 0 Å². The van der Waals surface area contributed by atoms with Gasteiger partial charge in [0, 0.05) is 5.92 Å². The van der Waals surface area contributed by atoms with E-state index in [9.17, 15) is 0 Å². The zero-order valence-electron chi connectivity index (χ0n) is 33.6. The van der Waals surface area contributed by atoms with Gasteiger partial charge in [0.25, 0.3) is 0 Å². The first-order valence-electron chi connectivity index (χ1n) is 23.5. The summed E-state index contributed by atoms with van der Waals surface area (Å²) in [6.07, 6.45) is 53.3. The summed E-state index contributed by atoms with van der Waals surface area (Å²) in [6, 6.07) is 0. The largest absolute Gasteiger partial charge is 0.285 e. The van der Waals surface area contributed by atoms with Crippen molar-refractivity contribution in [1.82, 2.24) is 15.1 Å². The first-order chi connectivity index (χ1) is 25.6. The molecule has 9 rings (SSSR count). The van der Waals surface area contributed by atoms with Crippen LogP contribution in [0.4, 0.5) is 0 Å². The fourth-order valence-corrected chi connectivity index (χ4v) is 14.9. The molecule has 1 saturated heterocycles. The fourth-order valence-electron chi connectivity index (χ4n) is 14.9. The van der Waals surface area contributed by atoms with Crippen LogP contribution in [-0.2, 0) is 0 Å². The number of rotatable bonds is 6. The standard InChI is InChI=1S/C49H77N3/c1-51-47(40-26-19-36(20-27-40)34-11-4-3-5-12-34)50-48(41-28-24-39(25-29-41)46-18-10-16-38-14-8-9-17-45(38)46)52(2)49(51)42-30-21-37(22-31-42)44-32-23-35-13-6-7-15-43(35)33-44/h6,11,13,18-19,26,35-45,47-50H,3-5,7-10,12,14-17,20-25,27-33H2,1-2H3. The number of nitrogens with zero attached hydrogens (tertiary/aromatic N) is 2. The van der Waals surface area contributed by atoms with Gasteiger partial charge in [-0.3, -0.25) is 15.1 Å². The molecule has 0 spiro atoms. The summed E-state index contributed by atoms with van der Waals surface area (Å²) in [5.74, 6) is 9.69. The highest BCUT2D eigenvalue weighted by Crippen LogP contribution is 2.50. The third kappa shape index (κ3) is 7.53. The van der Waals surface area contributed by atoms with Crippen LogP contribution in [0.25, 0.3) is 0 Å². The summed E-state index contributed by atoms with van der Waals surface area (Å²) in [7, 11) is 5.07. The summed E-state index contributed by atoms with van der Waals surface area (Å²) in [5, 5.41) is 4.45. The SMILES string of the molecule is CN1C(C2C=CC(C3=CCCCC3)CC2)NC(C2CCC(C3=CCCC4CCCCC34)CC2)N(C)C1C1CCC(C2CCC3C=CCCC3C2)CC1. The maximum atomic E-state index is 4.45. The molecule has 0 radical (unpaired) electrons. The molecule has 3 nitrogen and oxygen atoms in total. The van der Waals surface area contributed by atoms with Crippen LogP contribution < -0.4 is 5.32 Å². The molecule has 9 aliphatic rings. The highest BCUT2D eigenvalue weighted by molar-refractivity contribution is 5.20. The second-order valence-corrected chi connectivity index (χ2v) is 20.3. The van der Waals surface area contributed by atoms with Crippen molar-refractivity contribution in [2.24, 2.45) is 65.1 Å². The maximum absolute atomic E-state index is 4.45. The molecule has 0 aromatic carbocycles. The lowest BCUT2D eigenvalue weighted by Crippen LogP contribution is -2.72. The van der Waals surface area contributed by atoms with Crippen LogP contribution in [0.5, 0.6) is 0 Å². The van der Waals surface area contributed by atoms with Crippen LogP contribution in [0.15, 0.2) is 47.6 Å². The van der Waals surface area contributed by atoms with Crippen molar-refractivity contribution < 1.29 is 0 Å². The molecule has 0 aromatic rings. The summed E-state index contributed by atoms with van der Waals surface area (Å²) in [4.78, 5) is 5.78. The Bertz CT molecular complexity index is 1310. The maximum Gasteiger partial charge on any atom is 0.0683 e. The van der Waals surface area contributed by atoms with Crippen molar-refractivity contribution in [2.45, 2.75) is 179 Å². The number of allylic oxidation sites excluding steroid dienone is 7. The highest BCUT2D eigenvalue weighted by Gasteiger charge is 2.48. The van der Waals surface area contributed by atoms with Gasteiger partial charge in [0.05, 0.1) is 18.5 Å². The Morgan fingerprint density at radius 3 is 2.08 bits per heavy atom. The van der Waals surface area contributed by atoms with Gasteiger partial charge in [-0.05, 0) is 221 Å². The Hall–Kier alpha value is -1.16. The summed E-state index contributed by atoms with van der Waals surface area (Å²) in [6.45, 7) is 0. The summed E-state index contributed by atoms with van der Waals surface area (Å²) >= 11 is 0. The molecular weight excluding hydrogens is 631 g/mol. The molecule has 4 saturated carbocycles. The van der Waals surface area contributed by atoms with Gasteiger partial charge < -0.3 is 0 Å². The predicted molar refractivity (Wildman–Crippen MR) is 218 cm³/mol. The van der Waals surface area contributed by atoms with E-state index in [1.807, 2.05) is 5.57 Å². The van der Waals surface area contributed by atoms with Crippen molar-refractivity contribution in [2.75, 3.05) is 14.1 Å². The minimum atomic E-state index is 0.470. The van der Waals surface area contributed by atoms with Crippen LogP contribution >= 0.6 is 0 Å². The van der Waals surface area contributed by atoms with Gasteiger partial charge in [0.2, 0.25) is 0 Å². The summed E-state index contributed by atoms with van der Waals surface area (Å²) < 4.78 is 0. The molecular formula is C49H77N3. The average molecular weight is 708 g/mol. The summed E-state index contributed by atoms with van der Waals surface area (Å²) in [5.41, 5.74) is 3.70. The van der Waals surface area contributed by atoms with Crippen LogP contribution in [-0.4, -0.2) is 42.4 Å². The molecule has 0 bridgehead atoms. The van der Waals surface area contributed by atoms with Gasteiger partial charge in [-0.2, -0.15) is 0 Å². The van der Waals surface area contributed by atoms with E-state index < -0.39 is 0 Å². The Kier molecular flexibility index (Phi) is 11.6. The lowest BCUT2D eigenvalue weighted by Gasteiger charge is -2.58. The molecule has 1 N–H and O–H groups in total. The molecule has 0 aromatic heterocycles. The van der Waals surface area contributed by atoms with Gasteiger partial charge in [-0.1, -0.05) is 60.4 Å². The molecule has 288 valence electrons. The lowest BCUT2D eigenvalue weighted by molar-refractivity contribution is -0.126. The van der Waals surface area contributed by atoms with Crippen LogP contribution in [0.1, 0.15) is 161 Å². The van der Waals surface area contributed by atoms with Crippen LogP contribution in [0, 0.1) is 65.1 Å². The monoisotopic (exact) mass is 708 g/mol. The number of hydrogen-bond donors (Lipinski definition) is 1. The quantitative estimate of drug-likeness (QED) is 0.277. The van der Waals surface area contributed by atoms with E-state index in [0.717, 1.165) is 53.3 Å². The van der Waals surface area contributed by atoms with E-state index in [0.29, 0.717) is 30.3 Å². The molecule has 5 fully saturated rings. The van der Waals surface area contributed by atoms with Crippen molar-refractivity contribution in [3.8, 4) is 0 Å². The van der Waals surface area contributed by atoms with E-state index in [2.05, 4.69) is 65.7 Å². The van der Waals surface area contributed by atoms with E-state index in [4.69, 9.17) is 0 Å². The first-order valence-corrected chi connectivity index (χ1v) is 23.5. The molecule has 0 amide bonds. The highest BCUT2D eigenvalue weighted by atomic mass is 15.5. The number of nitrogens with one attached hydrogen (secondary N) is 1. The smallest absolute Gasteiger partial charge is 0.0683 e. The first kappa shape index (κ1) is 36.5. The number of fused-ring (bicyclic) bond motifs is 2. The third-order valence-corrected chi connectivity index (χ3v) is 17.7. The topological polar surface area (TPSA) is 18.5 Å². The molecule has 52 heavy (non-hydrogen) atoms. The van der Waals surface area contributed by atoms with Crippen LogP contribution in [0.3, 0.4) is 0 Å². The average Bonchev–Trinajstić information content (AvgIpc) is 3.21. The Labute approximate surface area is 320 Å². The Morgan fingerprint density at radius 2 is 1.27 bits per heavy atom. The van der Waals surface area contributed by atoms with Gasteiger partial charge in [-0.15, -0.1) is 0 Å². The number of hydrogen-bond acceptors (Lipinski definition) is 3. The Balaban J connectivity index is 0.890. The zero-order valence-corrected chi connectivity index (χ0v) is 33.6. The van der Waals surface area contributed by atoms with E-state index in [1.54, 1.807) is 5.57 Å².